The molecule has 2 rings (SSSR count). The van der Waals surface area contributed by atoms with E-state index in [1.54, 1.807) is 6.26 Å². The van der Waals surface area contributed by atoms with E-state index in [9.17, 15) is 4.21 Å². The number of hydrogen-bond donors (Lipinski definition) is 1. The molecule has 2 aromatic rings. The second-order valence-corrected chi connectivity index (χ2v) is 6.79. The Morgan fingerprint density at radius 2 is 2.00 bits per heavy atom. The molecule has 1 aromatic carbocycles. The normalized spacial score (nSPS) is 15.8. The van der Waals surface area contributed by atoms with E-state index in [-0.39, 0.29) is 11.3 Å². The fourth-order valence-corrected chi connectivity index (χ4v) is 2.19. The zero-order chi connectivity index (χ0) is 14.5. The molecule has 108 valence electrons. The Morgan fingerprint density at radius 3 is 2.65 bits per heavy atom. The summed E-state index contributed by atoms with van der Waals surface area (Å²) in [5, 5.41) is 7.94. The minimum atomic E-state index is -0.791. The first-order valence-electron chi connectivity index (χ1n) is 6.73. The molecule has 3 atom stereocenters. The van der Waals surface area contributed by atoms with E-state index in [0.717, 1.165) is 17.8 Å². The van der Waals surface area contributed by atoms with Crippen molar-refractivity contribution in [1.82, 2.24) is 15.1 Å². The van der Waals surface area contributed by atoms with Crippen LogP contribution in [0.25, 0.3) is 5.69 Å². The predicted octanol–water partition coefficient (Wildman–Crippen LogP) is 2.29. The summed E-state index contributed by atoms with van der Waals surface area (Å²) in [6.45, 7) is 4.82. The summed E-state index contributed by atoms with van der Waals surface area (Å²) in [5.41, 5.74) is 2.18. The average molecular weight is 291 g/mol. The molecule has 0 spiro atoms. The Hall–Kier alpha value is -1.46. The topological polar surface area (TPSA) is 46.9 Å². The molecule has 0 saturated carbocycles. The molecular weight excluding hydrogens is 270 g/mol. The van der Waals surface area contributed by atoms with Crippen molar-refractivity contribution in [2.75, 3.05) is 12.8 Å². The molecule has 4 nitrogen and oxygen atoms in total. The van der Waals surface area contributed by atoms with E-state index in [1.807, 2.05) is 54.3 Å². The third kappa shape index (κ3) is 3.77. The molecule has 0 fully saturated rings. The summed E-state index contributed by atoms with van der Waals surface area (Å²) < 4.78 is 13.2. The van der Waals surface area contributed by atoms with Crippen LogP contribution in [0.5, 0.6) is 0 Å². The van der Waals surface area contributed by atoms with Crippen molar-refractivity contribution in [2.45, 2.75) is 25.1 Å². The minimum absolute atomic E-state index is 0.154. The molecule has 0 aliphatic heterocycles. The number of benzene rings is 1. The van der Waals surface area contributed by atoms with Crippen molar-refractivity contribution in [3.05, 3.63) is 48.3 Å². The number of nitrogens with one attached hydrogen (secondary N) is 1. The number of aromatic nitrogens is 2. The molecule has 20 heavy (non-hydrogen) atoms. The van der Waals surface area contributed by atoms with Gasteiger partial charge in [0, 0.05) is 46.7 Å². The van der Waals surface area contributed by atoms with Gasteiger partial charge in [0.25, 0.3) is 0 Å². The van der Waals surface area contributed by atoms with Crippen molar-refractivity contribution >= 4 is 10.8 Å². The lowest BCUT2D eigenvalue weighted by Gasteiger charge is -2.15. The summed E-state index contributed by atoms with van der Waals surface area (Å²) in [5.74, 6) is 0. The summed E-state index contributed by atoms with van der Waals surface area (Å²) in [6.07, 6.45) is 5.64. The second kappa shape index (κ2) is 6.81. The first-order chi connectivity index (χ1) is 9.58. The largest absolute Gasteiger partial charge is 0.309 e. The van der Waals surface area contributed by atoms with Gasteiger partial charge < -0.3 is 5.32 Å². The second-order valence-electron chi connectivity index (χ2n) is 4.99. The van der Waals surface area contributed by atoms with E-state index >= 15 is 0 Å². The monoisotopic (exact) mass is 291 g/mol. The van der Waals surface area contributed by atoms with Gasteiger partial charge in [-0.05, 0) is 26.0 Å². The number of hydrogen-bond acceptors (Lipinski definition) is 3. The third-order valence-electron chi connectivity index (χ3n) is 3.40. The van der Waals surface area contributed by atoms with Gasteiger partial charge in [0.1, 0.15) is 0 Å². The average Bonchev–Trinajstić information content (AvgIpc) is 2.95. The van der Waals surface area contributed by atoms with Crippen LogP contribution in [-0.4, -0.2) is 32.0 Å². The van der Waals surface area contributed by atoms with Gasteiger partial charge in [0.2, 0.25) is 0 Å². The molecule has 0 amide bonds. The summed E-state index contributed by atoms with van der Waals surface area (Å²) in [4.78, 5) is 0. The quantitative estimate of drug-likeness (QED) is 0.888. The highest BCUT2D eigenvalue weighted by atomic mass is 32.2. The van der Waals surface area contributed by atoms with Crippen LogP contribution in [0, 0.1) is 0 Å². The number of rotatable bonds is 6. The van der Waals surface area contributed by atoms with Gasteiger partial charge in [-0.25, -0.2) is 4.68 Å². The van der Waals surface area contributed by atoms with Crippen LogP contribution >= 0.6 is 0 Å². The standard InChI is InChI=1S/C15H21N3OS/c1-12(20(3)19)9-16-13(2)14-10-17-18(11-14)15-7-5-4-6-8-15/h4-8,10-13,16H,9H2,1-3H3. The Kier molecular flexibility index (Phi) is 5.09. The van der Waals surface area contributed by atoms with Crippen LogP contribution in [-0.2, 0) is 10.8 Å². The lowest BCUT2D eigenvalue weighted by molar-refractivity contribution is 0.569. The molecule has 0 radical (unpaired) electrons. The maximum absolute atomic E-state index is 11.3. The van der Waals surface area contributed by atoms with E-state index in [2.05, 4.69) is 17.3 Å². The first-order valence-corrected chi connectivity index (χ1v) is 8.35. The van der Waals surface area contributed by atoms with Gasteiger partial charge in [-0.15, -0.1) is 0 Å². The van der Waals surface area contributed by atoms with E-state index < -0.39 is 10.8 Å². The molecule has 3 unspecified atom stereocenters. The third-order valence-corrected chi connectivity index (χ3v) is 4.70. The highest BCUT2D eigenvalue weighted by Gasteiger charge is 2.11. The fourth-order valence-electron chi connectivity index (χ4n) is 1.86. The molecule has 1 aromatic heterocycles. The molecule has 1 N–H and O–H groups in total. The molecule has 5 heteroatoms. The minimum Gasteiger partial charge on any atom is -0.309 e. The fraction of sp³-hybridized carbons (Fsp3) is 0.400. The van der Waals surface area contributed by atoms with E-state index in [1.165, 1.54) is 0 Å². The summed E-state index contributed by atoms with van der Waals surface area (Å²) >= 11 is 0. The molecule has 1 heterocycles. The predicted molar refractivity (Wildman–Crippen MR) is 83.5 cm³/mol. The van der Waals surface area contributed by atoms with Crippen LogP contribution in [0.1, 0.15) is 25.5 Å². The zero-order valence-corrected chi connectivity index (χ0v) is 12.9. The lowest BCUT2D eigenvalue weighted by Crippen LogP contribution is -2.29. The van der Waals surface area contributed by atoms with Crippen LogP contribution in [0.15, 0.2) is 42.7 Å². The molecule has 0 aliphatic rings. The Balaban J connectivity index is 2.00. The molecular formula is C15H21N3OS. The van der Waals surface area contributed by atoms with Crippen molar-refractivity contribution < 1.29 is 4.21 Å². The summed E-state index contributed by atoms with van der Waals surface area (Å²) in [7, 11) is -0.791. The van der Waals surface area contributed by atoms with Crippen LogP contribution in [0.4, 0.5) is 0 Å². The molecule has 0 aliphatic carbocycles. The molecule has 0 saturated heterocycles. The number of nitrogens with zero attached hydrogens (tertiary/aromatic N) is 2. The molecule has 0 bridgehead atoms. The maximum atomic E-state index is 11.3. The van der Waals surface area contributed by atoms with Gasteiger partial charge in [0.15, 0.2) is 0 Å². The van der Waals surface area contributed by atoms with Crippen LogP contribution in [0.2, 0.25) is 0 Å². The first kappa shape index (κ1) is 14.9. The van der Waals surface area contributed by atoms with Crippen molar-refractivity contribution in [3.63, 3.8) is 0 Å². The Bertz CT molecular complexity index is 568. The van der Waals surface area contributed by atoms with Crippen molar-refractivity contribution in [2.24, 2.45) is 0 Å². The van der Waals surface area contributed by atoms with Gasteiger partial charge in [0.05, 0.1) is 11.9 Å². The van der Waals surface area contributed by atoms with Gasteiger partial charge in [-0.1, -0.05) is 18.2 Å². The van der Waals surface area contributed by atoms with E-state index in [0.29, 0.717) is 0 Å². The van der Waals surface area contributed by atoms with Gasteiger partial charge in [-0.3, -0.25) is 4.21 Å². The van der Waals surface area contributed by atoms with Gasteiger partial charge in [-0.2, -0.15) is 5.10 Å². The highest BCUT2D eigenvalue weighted by Crippen LogP contribution is 2.14. The van der Waals surface area contributed by atoms with E-state index in [4.69, 9.17) is 0 Å². The number of para-hydroxylation sites is 1. The Labute approximate surface area is 122 Å². The SMILES string of the molecule is CC(NCC(C)S(C)=O)c1cnn(-c2ccccc2)c1. The zero-order valence-electron chi connectivity index (χ0n) is 12.1. The van der Waals surface area contributed by atoms with Crippen molar-refractivity contribution in [1.29, 1.82) is 0 Å². The smallest absolute Gasteiger partial charge is 0.0645 e. The summed E-state index contributed by atoms with van der Waals surface area (Å²) in [6, 6.07) is 10.2. The van der Waals surface area contributed by atoms with Crippen LogP contribution < -0.4 is 5.32 Å². The van der Waals surface area contributed by atoms with Gasteiger partial charge >= 0.3 is 0 Å². The maximum Gasteiger partial charge on any atom is 0.0645 e. The van der Waals surface area contributed by atoms with Crippen LogP contribution in [0.3, 0.4) is 0 Å². The highest BCUT2D eigenvalue weighted by molar-refractivity contribution is 7.84. The van der Waals surface area contributed by atoms with Crippen molar-refractivity contribution in [3.8, 4) is 5.69 Å². The Morgan fingerprint density at radius 1 is 1.30 bits per heavy atom. The lowest BCUT2D eigenvalue weighted by atomic mass is 10.2.